The SMILES string of the molecule is O=C(NCc1ccon1)N1CCN(c2nnc(C(F)(F)F)s2)CC1. The Morgan fingerprint density at radius 3 is 2.62 bits per heavy atom. The van der Waals surface area contributed by atoms with Gasteiger partial charge in [-0.15, -0.1) is 10.2 Å². The molecule has 0 aliphatic carbocycles. The summed E-state index contributed by atoms with van der Waals surface area (Å²) in [4.78, 5) is 15.3. The van der Waals surface area contributed by atoms with Crippen LogP contribution in [0.5, 0.6) is 0 Å². The van der Waals surface area contributed by atoms with Crippen LogP contribution in [0.15, 0.2) is 16.9 Å². The van der Waals surface area contributed by atoms with Crippen LogP contribution >= 0.6 is 11.3 Å². The number of piperazine rings is 1. The Kier molecular flexibility index (Phi) is 4.55. The lowest BCUT2D eigenvalue weighted by atomic mass is 10.3. The van der Waals surface area contributed by atoms with Crippen LogP contribution in [0.25, 0.3) is 0 Å². The lowest BCUT2D eigenvalue weighted by Crippen LogP contribution is -2.51. The molecule has 3 heterocycles. The van der Waals surface area contributed by atoms with Gasteiger partial charge in [-0.05, 0) is 0 Å². The summed E-state index contributed by atoms with van der Waals surface area (Å²) in [6.07, 6.45) is -3.07. The zero-order valence-corrected chi connectivity index (χ0v) is 13.1. The highest BCUT2D eigenvalue weighted by molar-refractivity contribution is 7.15. The topological polar surface area (TPSA) is 87.4 Å². The van der Waals surface area contributed by atoms with E-state index in [2.05, 4.69) is 25.2 Å². The van der Waals surface area contributed by atoms with Gasteiger partial charge in [0.2, 0.25) is 10.1 Å². The molecule has 0 aromatic carbocycles. The number of nitrogens with one attached hydrogen (secondary N) is 1. The monoisotopic (exact) mass is 362 g/mol. The molecule has 1 aliphatic heterocycles. The highest BCUT2D eigenvalue weighted by Gasteiger charge is 2.36. The standard InChI is InChI=1S/C12H13F3N6O2S/c13-12(14,15)9-17-18-11(24-9)21-4-2-20(3-5-21)10(22)16-7-8-1-6-23-19-8/h1,6H,2-5,7H2,(H,16,22). The van der Waals surface area contributed by atoms with Crippen LogP contribution < -0.4 is 10.2 Å². The molecule has 0 spiro atoms. The number of carbonyl (C=O) groups excluding carboxylic acids is 1. The zero-order chi connectivity index (χ0) is 17.2. The summed E-state index contributed by atoms with van der Waals surface area (Å²) < 4.78 is 42.3. The second kappa shape index (κ2) is 6.63. The molecule has 3 rings (SSSR count). The maximum atomic E-state index is 12.6. The van der Waals surface area contributed by atoms with Gasteiger partial charge in [-0.1, -0.05) is 16.5 Å². The fourth-order valence-electron chi connectivity index (χ4n) is 2.17. The average Bonchev–Trinajstić information content (AvgIpc) is 3.23. The van der Waals surface area contributed by atoms with Crippen LogP contribution in [-0.4, -0.2) is 52.5 Å². The third-order valence-corrected chi connectivity index (χ3v) is 4.44. The first-order chi connectivity index (χ1) is 11.4. The van der Waals surface area contributed by atoms with E-state index in [1.54, 1.807) is 15.9 Å². The van der Waals surface area contributed by atoms with E-state index in [9.17, 15) is 18.0 Å². The molecule has 0 saturated carbocycles. The molecule has 0 unspecified atom stereocenters. The summed E-state index contributed by atoms with van der Waals surface area (Å²) in [6, 6.07) is 1.39. The van der Waals surface area contributed by atoms with E-state index in [-0.39, 0.29) is 17.7 Å². The van der Waals surface area contributed by atoms with Crippen molar-refractivity contribution < 1.29 is 22.5 Å². The van der Waals surface area contributed by atoms with Gasteiger partial charge in [-0.2, -0.15) is 13.2 Å². The number of hydrogen-bond donors (Lipinski definition) is 1. The molecule has 130 valence electrons. The molecule has 0 radical (unpaired) electrons. The largest absolute Gasteiger partial charge is 0.445 e. The van der Waals surface area contributed by atoms with Crippen molar-refractivity contribution in [1.29, 1.82) is 0 Å². The van der Waals surface area contributed by atoms with Crippen LogP contribution in [-0.2, 0) is 12.7 Å². The van der Waals surface area contributed by atoms with Crippen molar-refractivity contribution in [1.82, 2.24) is 25.6 Å². The molecule has 1 saturated heterocycles. The first kappa shape index (κ1) is 16.5. The van der Waals surface area contributed by atoms with E-state index in [4.69, 9.17) is 0 Å². The molecule has 1 aliphatic rings. The van der Waals surface area contributed by atoms with Crippen LogP contribution in [0.3, 0.4) is 0 Å². The number of aromatic nitrogens is 3. The lowest BCUT2D eigenvalue weighted by Gasteiger charge is -2.34. The van der Waals surface area contributed by atoms with Gasteiger partial charge in [0.05, 0.1) is 6.54 Å². The van der Waals surface area contributed by atoms with Gasteiger partial charge in [0.25, 0.3) is 0 Å². The Morgan fingerprint density at radius 2 is 2.04 bits per heavy atom. The van der Waals surface area contributed by atoms with E-state index in [0.717, 1.165) is 0 Å². The Hall–Kier alpha value is -2.37. The van der Waals surface area contributed by atoms with Crippen LogP contribution in [0.4, 0.5) is 23.1 Å². The predicted octanol–water partition coefficient (Wildman–Crippen LogP) is 1.58. The Morgan fingerprint density at radius 1 is 1.29 bits per heavy atom. The van der Waals surface area contributed by atoms with Gasteiger partial charge in [0.15, 0.2) is 0 Å². The number of hydrogen-bond acceptors (Lipinski definition) is 7. The number of amides is 2. The first-order valence-electron chi connectivity index (χ1n) is 7.01. The quantitative estimate of drug-likeness (QED) is 0.892. The fourth-order valence-corrected chi connectivity index (χ4v) is 2.93. The molecule has 2 aromatic rings. The van der Waals surface area contributed by atoms with E-state index < -0.39 is 11.2 Å². The van der Waals surface area contributed by atoms with E-state index in [1.165, 1.54) is 6.26 Å². The number of anilines is 1. The van der Waals surface area contributed by atoms with Crippen molar-refractivity contribution in [3.05, 3.63) is 23.0 Å². The highest BCUT2D eigenvalue weighted by Crippen LogP contribution is 2.34. The molecule has 24 heavy (non-hydrogen) atoms. The minimum absolute atomic E-state index is 0.213. The average molecular weight is 362 g/mol. The number of rotatable bonds is 3. The zero-order valence-electron chi connectivity index (χ0n) is 12.3. The van der Waals surface area contributed by atoms with Crippen LogP contribution in [0.2, 0.25) is 0 Å². The number of carbonyl (C=O) groups is 1. The molecular formula is C12H13F3N6O2S. The minimum atomic E-state index is -4.49. The molecule has 0 bridgehead atoms. The molecule has 12 heteroatoms. The predicted molar refractivity (Wildman–Crippen MR) is 77.4 cm³/mol. The van der Waals surface area contributed by atoms with Crippen LogP contribution in [0.1, 0.15) is 10.7 Å². The number of urea groups is 1. The van der Waals surface area contributed by atoms with Gasteiger partial charge >= 0.3 is 12.2 Å². The highest BCUT2D eigenvalue weighted by atomic mass is 32.1. The second-order valence-corrected chi connectivity index (χ2v) is 5.97. The molecule has 1 N–H and O–H groups in total. The number of nitrogens with zero attached hydrogens (tertiary/aromatic N) is 5. The normalized spacial score (nSPS) is 15.6. The fraction of sp³-hybridized carbons (Fsp3) is 0.500. The van der Waals surface area contributed by atoms with E-state index in [0.29, 0.717) is 43.2 Å². The van der Waals surface area contributed by atoms with Crippen molar-refractivity contribution in [3.63, 3.8) is 0 Å². The van der Waals surface area contributed by atoms with Gasteiger partial charge in [-0.3, -0.25) is 0 Å². The van der Waals surface area contributed by atoms with Crippen molar-refractivity contribution in [2.75, 3.05) is 31.1 Å². The first-order valence-corrected chi connectivity index (χ1v) is 7.83. The molecule has 0 atom stereocenters. The summed E-state index contributed by atoms with van der Waals surface area (Å²) in [5.41, 5.74) is 0.607. The van der Waals surface area contributed by atoms with Gasteiger partial charge in [0.1, 0.15) is 12.0 Å². The summed E-state index contributed by atoms with van der Waals surface area (Å²) in [5.74, 6) is 0. The molecule has 8 nitrogen and oxygen atoms in total. The van der Waals surface area contributed by atoms with E-state index in [1.807, 2.05) is 0 Å². The van der Waals surface area contributed by atoms with Gasteiger partial charge in [0, 0.05) is 32.2 Å². The number of halogens is 3. The molecule has 2 amide bonds. The Bertz CT molecular complexity index is 681. The van der Waals surface area contributed by atoms with Crippen molar-refractivity contribution in [2.45, 2.75) is 12.7 Å². The second-order valence-electron chi connectivity index (χ2n) is 5.01. The van der Waals surface area contributed by atoms with Crippen LogP contribution in [0, 0.1) is 0 Å². The summed E-state index contributed by atoms with van der Waals surface area (Å²) in [6.45, 7) is 1.80. The maximum absolute atomic E-state index is 12.6. The van der Waals surface area contributed by atoms with Gasteiger partial charge < -0.3 is 19.6 Å². The van der Waals surface area contributed by atoms with E-state index >= 15 is 0 Å². The van der Waals surface area contributed by atoms with Crippen molar-refractivity contribution >= 4 is 22.5 Å². The lowest BCUT2D eigenvalue weighted by molar-refractivity contribution is -0.138. The molecular weight excluding hydrogens is 349 g/mol. The summed E-state index contributed by atoms with van der Waals surface area (Å²) >= 11 is 0.505. The Balaban J connectivity index is 1.50. The molecule has 1 fully saturated rings. The minimum Gasteiger partial charge on any atom is -0.364 e. The van der Waals surface area contributed by atoms with Crippen molar-refractivity contribution in [2.24, 2.45) is 0 Å². The number of alkyl halides is 3. The summed E-state index contributed by atoms with van der Waals surface area (Å²) in [5, 5.41) is 12.4. The van der Waals surface area contributed by atoms with Gasteiger partial charge in [-0.25, -0.2) is 4.79 Å². The smallest absolute Gasteiger partial charge is 0.364 e. The Labute approximate surface area is 138 Å². The summed E-state index contributed by atoms with van der Waals surface area (Å²) in [7, 11) is 0. The maximum Gasteiger partial charge on any atom is 0.445 e. The van der Waals surface area contributed by atoms with Crippen molar-refractivity contribution in [3.8, 4) is 0 Å². The third kappa shape index (κ3) is 3.75. The third-order valence-electron chi connectivity index (χ3n) is 3.41. The molecule has 2 aromatic heterocycles.